The van der Waals surface area contributed by atoms with Crippen LogP contribution in [0.15, 0.2) is 5.16 Å². The maximum absolute atomic E-state index is 11.4. The molecule has 1 aromatic rings. The van der Waals surface area contributed by atoms with Crippen molar-refractivity contribution in [2.45, 2.75) is 39.7 Å². The number of oxime groups is 1. The molecule has 5 nitrogen and oxygen atoms in total. The van der Waals surface area contributed by atoms with Crippen LogP contribution in [0.2, 0.25) is 0 Å². The minimum absolute atomic E-state index is 0.0231. The van der Waals surface area contributed by atoms with E-state index in [1.807, 2.05) is 20.8 Å². The molecular weight excluding hydrogens is 250 g/mol. The highest BCUT2D eigenvalue weighted by molar-refractivity contribution is 7.13. The number of rotatable bonds is 5. The maximum atomic E-state index is 11.4. The Morgan fingerprint density at radius 3 is 2.83 bits per heavy atom. The standard InChI is InChI=1S/C12H17N3O2S/c1-7-12(18-9(3)13-7)8(2)15-17-6-11(16)14-10-4-5-10/h10H,4-6H2,1-3H3,(H,14,16). The highest BCUT2D eigenvalue weighted by atomic mass is 32.1. The van der Waals surface area contributed by atoms with Crippen LogP contribution < -0.4 is 5.32 Å². The zero-order valence-corrected chi connectivity index (χ0v) is 11.6. The number of nitrogens with one attached hydrogen (secondary N) is 1. The molecule has 1 heterocycles. The second kappa shape index (κ2) is 5.48. The molecule has 6 heteroatoms. The molecule has 1 aromatic heterocycles. The Morgan fingerprint density at radius 1 is 1.56 bits per heavy atom. The Morgan fingerprint density at radius 2 is 2.28 bits per heavy atom. The zero-order chi connectivity index (χ0) is 13.1. The molecule has 0 saturated heterocycles. The highest BCUT2D eigenvalue weighted by Crippen LogP contribution is 2.19. The molecule has 1 N–H and O–H groups in total. The van der Waals surface area contributed by atoms with Crippen molar-refractivity contribution in [3.8, 4) is 0 Å². The van der Waals surface area contributed by atoms with E-state index in [4.69, 9.17) is 4.84 Å². The van der Waals surface area contributed by atoms with Crippen molar-refractivity contribution in [2.75, 3.05) is 6.61 Å². The third kappa shape index (κ3) is 3.53. The number of amides is 1. The van der Waals surface area contributed by atoms with Gasteiger partial charge in [-0.15, -0.1) is 11.3 Å². The average Bonchev–Trinajstić information content (AvgIpc) is 3.02. The van der Waals surface area contributed by atoms with Gasteiger partial charge in [0.25, 0.3) is 5.91 Å². The Labute approximate surface area is 110 Å². The predicted molar refractivity (Wildman–Crippen MR) is 70.9 cm³/mol. The summed E-state index contributed by atoms with van der Waals surface area (Å²) >= 11 is 1.58. The van der Waals surface area contributed by atoms with E-state index in [0.717, 1.165) is 34.1 Å². The molecule has 0 atom stereocenters. The Hall–Kier alpha value is -1.43. The normalized spacial score (nSPS) is 15.6. The summed E-state index contributed by atoms with van der Waals surface area (Å²) in [7, 11) is 0. The third-order valence-electron chi connectivity index (χ3n) is 2.57. The van der Waals surface area contributed by atoms with Crippen molar-refractivity contribution in [1.29, 1.82) is 0 Å². The van der Waals surface area contributed by atoms with Gasteiger partial charge in [-0.3, -0.25) is 4.79 Å². The van der Waals surface area contributed by atoms with Crippen molar-refractivity contribution < 1.29 is 9.63 Å². The van der Waals surface area contributed by atoms with Gasteiger partial charge in [-0.25, -0.2) is 4.98 Å². The summed E-state index contributed by atoms with van der Waals surface area (Å²) in [5.41, 5.74) is 1.71. The number of carbonyl (C=O) groups is 1. The van der Waals surface area contributed by atoms with Crippen molar-refractivity contribution in [2.24, 2.45) is 5.16 Å². The minimum Gasteiger partial charge on any atom is -0.385 e. The van der Waals surface area contributed by atoms with Gasteiger partial charge in [0.05, 0.1) is 21.3 Å². The van der Waals surface area contributed by atoms with Crippen LogP contribution in [0.25, 0.3) is 0 Å². The second-order valence-corrected chi connectivity index (χ2v) is 5.64. The van der Waals surface area contributed by atoms with E-state index in [2.05, 4.69) is 15.5 Å². The van der Waals surface area contributed by atoms with Crippen LogP contribution >= 0.6 is 11.3 Å². The van der Waals surface area contributed by atoms with Crippen LogP contribution in [-0.4, -0.2) is 29.3 Å². The topological polar surface area (TPSA) is 63.6 Å². The first-order valence-corrected chi connectivity index (χ1v) is 6.78. The van der Waals surface area contributed by atoms with Crippen LogP contribution in [0.1, 0.15) is 35.3 Å². The molecule has 0 aliphatic heterocycles. The fourth-order valence-corrected chi connectivity index (χ4v) is 2.45. The monoisotopic (exact) mass is 267 g/mol. The fourth-order valence-electron chi connectivity index (χ4n) is 1.59. The lowest BCUT2D eigenvalue weighted by atomic mass is 10.3. The first-order chi connectivity index (χ1) is 8.56. The number of thiazole rings is 1. The van der Waals surface area contributed by atoms with E-state index >= 15 is 0 Å². The van der Waals surface area contributed by atoms with Gasteiger partial charge in [0.2, 0.25) is 0 Å². The van der Waals surface area contributed by atoms with E-state index in [1.54, 1.807) is 11.3 Å². The van der Waals surface area contributed by atoms with Gasteiger partial charge < -0.3 is 10.2 Å². The Kier molecular flexibility index (Phi) is 3.96. The summed E-state index contributed by atoms with van der Waals surface area (Å²) in [6, 6.07) is 0.359. The predicted octanol–water partition coefficient (Wildman–Crippen LogP) is 1.78. The summed E-state index contributed by atoms with van der Waals surface area (Å²) in [6.07, 6.45) is 2.15. The molecule has 0 spiro atoms. The van der Waals surface area contributed by atoms with Crippen LogP contribution in [0.5, 0.6) is 0 Å². The van der Waals surface area contributed by atoms with Crippen molar-refractivity contribution in [3.05, 3.63) is 15.6 Å². The number of hydrogen-bond acceptors (Lipinski definition) is 5. The molecule has 18 heavy (non-hydrogen) atoms. The zero-order valence-electron chi connectivity index (χ0n) is 10.8. The van der Waals surface area contributed by atoms with E-state index in [1.165, 1.54) is 0 Å². The van der Waals surface area contributed by atoms with E-state index in [9.17, 15) is 4.79 Å². The summed E-state index contributed by atoms with van der Waals surface area (Å²) in [5.74, 6) is -0.105. The van der Waals surface area contributed by atoms with Crippen molar-refractivity contribution in [3.63, 3.8) is 0 Å². The average molecular weight is 267 g/mol. The molecule has 1 aliphatic carbocycles. The van der Waals surface area contributed by atoms with E-state index < -0.39 is 0 Å². The smallest absolute Gasteiger partial charge is 0.260 e. The largest absolute Gasteiger partial charge is 0.385 e. The molecule has 1 fully saturated rings. The first-order valence-electron chi connectivity index (χ1n) is 5.96. The molecule has 0 unspecified atom stereocenters. The van der Waals surface area contributed by atoms with Gasteiger partial charge in [-0.1, -0.05) is 5.16 Å². The first kappa shape index (κ1) is 13.0. The Bertz CT molecular complexity index is 478. The molecule has 1 amide bonds. The molecule has 1 saturated carbocycles. The number of aromatic nitrogens is 1. The van der Waals surface area contributed by atoms with Gasteiger partial charge in [0, 0.05) is 6.04 Å². The molecule has 1 aliphatic rings. The van der Waals surface area contributed by atoms with Crippen molar-refractivity contribution in [1.82, 2.24) is 10.3 Å². The third-order valence-corrected chi connectivity index (χ3v) is 3.75. The van der Waals surface area contributed by atoms with Crippen LogP contribution in [0, 0.1) is 13.8 Å². The maximum Gasteiger partial charge on any atom is 0.260 e. The van der Waals surface area contributed by atoms with Crippen molar-refractivity contribution >= 4 is 23.0 Å². The van der Waals surface area contributed by atoms with Gasteiger partial charge in [0.15, 0.2) is 6.61 Å². The lowest BCUT2D eigenvalue weighted by Crippen LogP contribution is -2.28. The SMILES string of the molecule is CC(=NOCC(=O)NC1CC1)c1sc(C)nc1C. The van der Waals surface area contributed by atoms with Gasteiger partial charge in [-0.2, -0.15) is 0 Å². The molecule has 0 aromatic carbocycles. The van der Waals surface area contributed by atoms with Crippen LogP contribution in [0.4, 0.5) is 0 Å². The summed E-state index contributed by atoms with van der Waals surface area (Å²) < 4.78 is 0. The number of nitrogens with zero attached hydrogens (tertiary/aromatic N) is 2. The molecule has 0 bridgehead atoms. The summed E-state index contributed by atoms with van der Waals surface area (Å²) in [4.78, 5) is 21.8. The summed E-state index contributed by atoms with van der Waals surface area (Å²) in [6.45, 7) is 5.74. The second-order valence-electron chi connectivity index (χ2n) is 4.44. The van der Waals surface area contributed by atoms with Crippen LogP contribution in [-0.2, 0) is 9.63 Å². The lowest BCUT2D eigenvalue weighted by molar-refractivity contribution is -0.125. The number of carbonyl (C=O) groups excluding carboxylic acids is 1. The number of hydrogen-bond donors (Lipinski definition) is 1. The fraction of sp³-hybridized carbons (Fsp3) is 0.583. The van der Waals surface area contributed by atoms with E-state index in [0.29, 0.717) is 6.04 Å². The molecular formula is C12H17N3O2S. The molecule has 98 valence electrons. The quantitative estimate of drug-likeness (QED) is 0.653. The van der Waals surface area contributed by atoms with Gasteiger partial charge in [0.1, 0.15) is 0 Å². The van der Waals surface area contributed by atoms with Gasteiger partial charge >= 0.3 is 0 Å². The summed E-state index contributed by atoms with van der Waals surface area (Å²) in [5, 5.41) is 7.81. The minimum atomic E-state index is -0.105. The lowest BCUT2D eigenvalue weighted by Gasteiger charge is -2.02. The number of aryl methyl sites for hydroxylation is 2. The highest BCUT2D eigenvalue weighted by Gasteiger charge is 2.23. The Balaban J connectivity index is 1.84. The molecule has 2 rings (SSSR count). The van der Waals surface area contributed by atoms with E-state index in [-0.39, 0.29) is 12.5 Å². The molecule has 0 radical (unpaired) electrons. The van der Waals surface area contributed by atoms with Gasteiger partial charge in [-0.05, 0) is 33.6 Å². The van der Waals surface area contributed by atoms with Crippen LogP contribution in [0.3, 0.4) is 0 Å².